The van der Waals surface area contributed by atoms with Crippen LogP contribution in [0.4, 0.5) is 39.9 Å². The highest BCUT2D eigenvalue weighted by Gasteiger charge is 2.44. The molecule has 0 aromatic heterocycles. The average Bonchev–Trinajstić information content (AvgIpc) is 0.821. The molecule has 0 unspecified atom stereocenters. The van der Waals surface area contributed by atoms with Crippen LogP contribution in [0.3, 0.4) is 0 Å². The van der Waals surface area contributed by atoms with Crippen LogP contribution in [0.5, 0.6) is 11.5 Å². The molecule has 1 N–H and O–H groups in total. The molecule has 0 spiro atoms. The van der Waals surface area contributed by atoms with E-state index in [0.29, 0.717) is 11.1 Å². The fraction of sp³-hybridized carbons (Fsp3) is 0.560. The first kappa shape index (κ1) is 90.1. The molecular formula is C75H100F8N4O18. The summed E-state index contributed by atoms with van der Waals surface area (Å²) >= 11 is 0. The largest absolute Gasteiger partial charge is 0.573 e. The molecule has 0 radical (unpaired) electrons. The van der Waals surface area contributed by atoms with Crippen molar-refractivity contribution in [2.24, 2.45) is 10.8 Å². The van der Waals surface area contributed by atoms with Crippen molar-refractivity contribution in [2.75, 3.05) is 28.2 Å². The monoisotopic (exact) mass is 1500 g/mol. The highest BCUT2D eigenvalue weighted by molar-refractivity contribution is 5.92. The molecule has 105 heavy (non-hydrogen) atoms. The molecule has 0 saturated carbocycles. The van der Waals surface area contributed by atoms with Gasteiger partial charge < -0.3 is 57.7 Å². The lowest BCUT2D eigenvalue weighted by atomic mass is 9.87. The van der Waals surface area contributed by atoms with Crippen LogP contribution >= 0.6 is 0 Å². The van der Waals surface area contributed by atoms with Gasteiger partial charge in [-0.15, -0.1) is 26.3 Å². The number of nitrogens with zero attached hydrogens (tertiary/aromatic N) is 3. The van der Waals surface area contributed by atoms with E-state index < -0.39 is 167 Å². The fourth-order valence-corrected chi connectivity index (χ4v) is 9.94. The number of amides is 3. The molecule has 30 heteroatoms. The summed E-state index contributed by atoms with van der Waals surface area (Å²) in [5, 5.41) is 2.67. The normalized spacial score (nSPS) is 14.4. The summed E-state index contributed by atoms with van der Waals surface area (Å²) in [7, 11) is 5.19. The van der Waals surface area contributed by atoms with E-state index in [2.05, 4.69) is 14.8 Å². The molecule has 0 saturated heterocycles. The van der Waals surface area contributed by atoms with Crippen LogP contribution < -0.4 is 14.8 Å². The van der Waals surface area contributed by atoms with Gasteiger partial charge in [0.15, 0.2) is 24.4 Å². The molecule has 0 aliphatic heterocycles. The molecule has 0 aliphatic rings. The van der Waals surface area contributed by atoms with E-state index in [1.165, 1.54) is 94.0 Å². The number of rotatable bonds is 32. The maximum Gasteiger partial charge on any atom is 0.573 e. The van der Waals surface area contributed by atoms with Crippen molar-refractivity contribution < 1.29 is 121 Å². The van der Waals surface area contributed by atoms with Crippen molar-refractivity contribution in [2.45, 2.75) is 234 Å². The molecule has 8 atom stereocenters. The molecule has 22 nitrogen and oxygen atoms in total. The minimum atomic E-state index is -4.97. The number of ether oxygens (including phenoxy) is 9. The summed E-state index contributed by atoms with van der Waals surface area (Å²) in [6.07, 6.45) is -18.4. The topological polar surface area (TPSA) is 258 Å². The van der Waals surface area contributed by atoms with Gasteiger partial charge in [0.1, 0.15) is 65.8 Å². The molecule has 4 aromatic rings. The van der Waals surface area contributed by atoms with E-state index in [1.807, 2.05) is 20.8 Å². The first-order valence-corrected chi connectivity index (χ1v) is 33.6. The first-order chi connectivity index (χ1) is 48.1. The molecule has 0 fully saturated rings. The second-order valence-corrected chi connectivity index (χ2v) is 29.7. The summed E-state index contributed by atoms with van der Waals surface area (Å²) in [6, 6.07) is 21.4. The average molecular weight is 1500 g/mol. The summed E-state index contributed by atoms with van der Waals surface area (Å²) < 4.78 is 152. The Morgan fingerprint density at radius 2 is 0.724 bits per heavy atom. The van der Waals surface area contributed by atoms with Gasteiger partial charge in [-0.3, -0.25) is 19.3 Å². The Labute approximate surface area is 608 Å². The van der Waals surface area contributed by atoms with Gasteiger partial charge in [-0.1, -0.05) is 126 Å². The molecule has 0 bridgehead atoms. The SMILES string of the molecule is CN[C@@H](CC(C)(C)F)C(=O)O[C@H](Cc1ccc(OC(F)(F)F)cc1)C(=O)N(C)[C@@H](CC(C)(C)C)C(=O)O[C@H](C)C(=O)OCc1ccccc1.C[C@@H](OC(=O)[C@H](CC(C)(C)C)N(C)C(=O)[C@@H](Cc1ccc(OC(F)(F)F)cc1)OC(=O)[C@H](CC(C)(C)F)N(C)C(=O)OC(C)(C)C)C(=O)OCc1ccccc1. The number of carbonyl (C=O) groups excluding carboxylic acids is 9. The number of carbonyl (C=O) groups is 9. The number of hydrogen-bond donors (Lipinski definition) is 1. The molecule has 3 amide bonds. The Kier molecular flexibility index (Phi) is 33.3. The van der Waals surface area contributed by atoms with Crippen molar-refractivity contribution in [3.8, 4) is 11.5 Å². The van der Waals surface area contributed by atoms with Crippen molar-refractivity contribution in [1.82, 2.24) is 20.0 Å². The zero-order valence-corrected chi connectivity index (χ0v) is 62.9. The highest BCUT2D eigenvalue weighted by Crippen LogP contribution is 2.31. The number of hydrogen-bond acceptors (Lipinski definition) is 19. The van der Waals surface area contributed by atoms with Crippen molar-refractivity contribution in [1.29, 1.82) is 0 Å². The zero-order valence-electron chi connectivity index (χ0n) is 62.9. The van der Waals surface area contributed by atoms with Crippen molar-refractivity contribution in [3.63, 3.8) is 0 Å². The summed E-state index contributed by atoms with van der Waals surface area (Å²) in [4.78, 5) is 124. The third kappa shape index (κ3) is 34.6. The van der Waals surface area contributed by atoms with E-state index in [0.717, 1.165) is 44.5 Å². The van der Waals surface area contributed by atoms with Gasteiger partial charge in [0.25, 0.3) is 11.8 Å². The summed E-state index contributed by atoms with van der Waals surface area (Å²) in [5.41, 5.74) is -4.00. The van der Waals surface area contributed by atoms with Crippen LogP contribution in [0, 0.1) is 10.8 Å². The molecule has 0 aliphatic carbocycles. The molecule has 4 rings (SSSR count). The smallest absolute Gasteiger partial charge is 0.458 e. The maximum atomic E-state index is 15.1. The summed E-state index contributed by atoms with van der Waals surface area (Å²) in [6.45, 7) is 23.0. The molecule has 4 aromatic carbocycles. The Hall–Kier alpha value is -9.09. The standard InChI is InChI=1S/C40H54F4N2O10.C35H46F4N2O8/c1-25(33(48)52-24-27-15-13-12-14-16-27)53-34(49)29(22-37(2,3)4)45(10)32(47)31(21-26-17-19-28(20-18-26)55-40(42,43)44)54-35(50)30(23-39(8,9)41)46(11)36(51)56-38(5,6)7;1-22(30(43)46-21-24-12-10-9-11-13-24)47-32(45)27(20-33(2,3)4)41(8)29(42)28(48-31(44)26(40-7)19-34(5,6)36)18-23-14-16-25(17-15-23)49-35(37,38)39/h12-20,25,29-31H,21-24H2,1-11H3;9-17,22,26-28,40H,18-21H2,1-8H3/t25-,29+,30+,31-;22-,26+,27+,28-/m11/s1. The van der Waals surface area contributed by atoms with Gasteiger partial charge in [-0.2, -0.15) is 0 Å². The maximum absolute atomic E-state index is 15.1. The molecular weight excluding hydrogens is 1400 g/mol. The third-order valence-electron chi connectivity index (χ3n) is 15.1. The van der Waals surface area contributed by atoms with Gasteiger partial charge in [0, 0.05) is 46.8 Å². The van der Waals surface area contributed by atoms with Crippen molar-refractivity contribution in [3.05, 3.63) is 131 Å². The van der Waals surface area contributed by atoms with Crippen LogP contribution in [0.2, 0.25) is 0 Å². The summed E-state index contributed by atoms with van der Waals surface area (Å²) in [5.74, 6) is -8.53. The van der Waals surface area contributed by atoms with E-state index in [4.69, 9.17) is 33.2 Å². The first-order valence-electron chi connectivity index (χ1n) is 33.6. The van der Waals surface area contributed by atoms with Gasteiger partial charge in [-0.25, -0.2) is 37.5 Å². The number of likely N-dealkylation sites (N-methyl/N-ethyl adjacent to an activating group) is 4. The van der Waals surface area contributed by atoms with Gasteiger partial charge in [0.05, 0.1) is 0 Å². The second-order valence-electron chi connectivity index (χ2n) is 29.7. The van der Waals surface area contributed by atoms with E-state index in [-0.39, 0.29) is 44.5 Å². The van der Waals surface area contributed by atoms with Gasteiger partial charge >= 0.3 is 54.6 Å². The fourth-order valence-electron chi connectivity index (χ4n) is 9.94. The van der Waals surface area contributed by atoms with Crippen LogP contribution in [0.15, 0.2) is 109 Å². The van der Waals surface area contributed by atoms with E-state index in [1.54, 1.807) is 102 Å². The Bertz CT molecular complexity index is 3480. The van der Waals surface area contributed by atoms with Gasteiger partial charge in [0.2, 0.25) is 0 Å². The predicted molar refractivity (Wildman–Crippen MR) is 369 cm³/mol. The van der Waals surface area contributed by atoms with Crippen LogP contribution in [-0.4, -0.2) is 175 Å². The molecule has 584 valence electrons. The number of esters is 6. The van der Waals surface area contributed by atoms with Crippen LogP contribution in [-0.2, 0) is 97.6 Å². The third-order valence-corrected chi connectivity index (χ3v) is 15.1. The Morgan fingerprint density at radius 1 is 0.400 bits per heavy atom. The Morgan fingerprint density at radius 3 is 1.03 bits per heavy atom. The minimum Gasteiger partial charge on any atom is -0.458 e. The lowest BCUT2D eigenvalue weighted by Gasteiger charge is -2.35. The van der Waals surface area contributed by atoms with E-state index in [9.17, 15) is 73.9 Å². The van der Waals surface area contributed by atoms with Crippen LogP contribution in [0.1, 0.15) is 152 Å². The van der Waals surface area contributed by atoms with Gasteiger partial charge in [-0.05, 0) is 140 Å². The molecule has 0 heterocycles. The highest BCUT2D eigenvalue weighted by atomic mass is 19.4. The lowest BCUT2D eigenvalue weighted by molar-refractivity contribution is -0.275. The number of nitrogens with one attached hydrogen (secondary N) is 1. The zero-order chi connectivity index (χ0) is 80.0. The van der Waals surface area contributed by atoms with Crippen molar-refractivity contribution >= 4 is 53.7 Å². The number of benzene rings is 4. The number of halogens is 8. The minimum absolute atomic E-state index is 0.00402. The second kappa shape index (κ2) is 38.8. The predicted octanol–water partition coefficient (Wildman–Crippen LogP) is 13.1. The van der Waals surface area contributed by atoms with Crippen LogP contribution in [0.25, 0.3) is 0 Å². The Balaban J connectivity index is 0.000000550. The quantitative estimate of drug-likeness (QED) is 0.0271. The lowest BCUT2D eigenvalue weighted by Crippen LogP contribution is -2.53. The van der Waals surface area contributed by atoms with E-state index >= 15 is 4.39 Å². The number of alkyl halides is 8.